The normalized spacial score (nSPS) is 24.2. The van der Waals surface area contributed by atoms with Crippen LogP contribution in [0.25, 0.3) is 0 Å². The van der Waals surface area contributed by atoms with Crippen LogP contribution in [0.4, 0.5) is 0 Å². The number of amides is 1. The standard InChI is InChI=1S/C10H19NO2/c1-5-10(2,3)13-8-6-7-11(4)9(8)12/h8H,5-7H2,1-4H3. The minimum atomic E-state index is -0.208. The fourth-order valence-corrected chi connectivity index (χ4v) is 1.37. The Bertz CT molecular complexity index is 201. The van der Waals surface area contributed by atoms with Crippen LogP contribution in [0.3, 0.4) is 0 Å². The van der Waals surface area contributed by atoms with Crippen LogP contribution in [0.1, 0.15) is 33.6 Å². The van der Waals surface area contributed by atoms with Gasteiger partial charge in [0.2, 0.25) is 0 Å². The Morgan fingerprint density at radius 2 is 2.23 bits per heavy atom. The lowest BCUT2D eigenvalue weighted by Gasteiger charge is -2.26. The Morgan fingerprint density at radius 1 is 1.62 bits per heavy atom. The molecule has 13 heavy (non-hydrogen) atoms. The van der Waals surface area contributed by atoms with Crippen LogP contribution in [0, 0.1) is 0 Å². The molecule has 0 aromatic rings. The molecular weight excluding hydrogens is 166 g/mol. The van der Waals surface area contributed by atoms with Crippen molar-refractivity contribution in [3.63, 3.8) is 0 Å². The number of likely N-dealkylation sites (tertiary alicyclic amines) is 1. The molecule has 1 rings (SSSR count). The largest absolute Gasteiger partial charge is 0.362 e. The second-order valence-electron chi connectivity index (χ2n) is 4.27. The van der Waals surface area contributed by atoms with Crippen molar-refractivity contribution in [3.8, 4) is 0 Å². The summed E-state index contributed by atoms with van der Waals surface area (Å²) in [4.78, 5) is 13.2. The van der Waals surface area contributed by atoms with Crippen LogP contribution in [-0.4, -0.2) is 36.1 Å². The van der Waals surface area contributed by atoms with E-state index >= 15 is 0 Å². The van der Waals surface area contributed by atoms with Crippen molar-refractivity contribution in [2.45, 2.75) is 45.3 Å². The number of nitrogens with zero attached hydrogens (tertiary/aromatic N) is 1. The second kappa shape index (κ2) is 3.66. The summed E-state index contributed by atoms with van der Waals surface area (Å²) in [7, 11) is 1.82. The molecule has 3 heteroatoms. The molecule has 0 radical (unpaired) electrons. The fourth-order valence-electron chi connectivity index (χ4n) is 1.37. The Kier molecular flexibility index (Phi) is 2.96. The van der Waals surface area contributed by atoms with Gasteiger partial charge in [-0.05, 0) is 20.3 Å². The molecule has 0 bridgehead atoms. The Balaban J connectivity index is 2.51. The molecule has 0 aliphatic carbocycles. The van der Waals surface area contributed by atoms with Gasteiger partial charge in [0.25, 0.3) is 5.91 Å². The number of carbonyl (C=O) groups is 1. The van der Waals surface area contributed by atoms with Crippen molar-refractivity contribution in [1.82, 2.24) is 4.90 Å². The van der Waals surface area contributed by atoms with Gasteiger partial charge in [-0.2, -0.15) is 0 Å². The van der Waals surface area contributed by atoms with Gasteiger partial charge in [0, 0.05) is 20.0 Å². The van der Waals surface area contributed by atoms with Crippen LogP contribution in [0.5, 0.6) is 0 Å². The molecule has 0 spiro atoms. The van der Waals surface area contributed by atoms with E-state index in [1.54, 1.807) is 4.90 Å². The number of carbonyl (C=O) groups excluding carboxylic acids is 1. The average Bonchev–Trinajstić information content (AvgIpc) is 2.36. The molecule has 1 saturated heterocycles. The maximum absolute atomic E-state index is 11.5. The Labute approximate surface area is 80.1 Å². The smallest absolute Gasteiger partial charge is 0.251 e. The van der Waals surface area contributed by atoms with E-state index in [0.29, 0.717) is 0 Å². The van der Waals surface area contributed by atoms with Gasteiger partial charge < -0.3 is 9.64 Å². The SMILES string of the molecule is CCC(C)(C)OC1CCN(C)C1=O. The van der Waals surface area contributed by atoms with Crippen molar-refractivity contribution in [2.24, 2.45) is 0 Å². The molecule has 3 nitrogen and oxygen atoms in total. The van der Waals surface area contributed by atoms with Gasteiger partial charge >= 0.3 is 0 Å². The van der Waals surface area contributed by atoms with Crippen LogP contribution < -0.4 is 0 Å². The maximum Gasteiger partial charge on any atom is 0.251 e. The zero-order valence-electron chi connectivity index (χ0n) is 8.96. The van der Waals surface area contributed by atoms with E-state index in [4.69, 9.17) is 4.74 Å². The summed E-state index contributed by atoms with van der Waals surface area (Å²) in [6, 6.07) is 0. The van der Waals surface area contributed by atoms with Gasteiger partial charge in [0.1, 0.15) is 6.10 Å². The first-order valence-corrected chi connectivity index (χ1v) is 4.89. The van der Waals surface area contributed by atoms with E-state index < -0.39 is 0 Å². The monoisotopic (exact) mass is 185 g/mol. The molecular formula is C10H19NO2. The molecule has 1 aliphatic rings. The zero-order chi connectivity index (χ0) is 10.1. The highest BCUT2D eigenvalue weighted by atomic mass is 16.5. The van der Waals surface area contributed by atoms with Crippen LogP contribution in [0.15, 0.2) is 0 Å². The van der Waals surface area contributed by atoms with Crippen molar-refractivity contribution in [1.29, 1.82) is 0 Å². The number of hydrogen-bond donors (Lipinski definition) is 0. The summed E-state index contributed by atoms with van der Waals surface area (Å²) in [6.07, 6.45) is 1.55. The predicted octanol–water partition coefficient (Wildman–Crippen LogP) is 1.42. The van der Waals surface area contributed by atoms with Gasteiger partial charge in [0.15, 0.2) is 0 Å². The van der Waals surface area contributed by atoms with Crippen LogP contribution in [0.2, 0.25) is 0 Å². The topological polar surface area (TPSA) is 29.5 Å². The lowest BCUT2D eigenvalue weighted by Crippen LogP contribution is -2.35. The van der Waals surface area contributed by atoms with E-state index in [-0.39, 0.29) is 17.6 Å². The average molecular weight is 185 g/mol. The fraction of sp³-hybridized carbons (Fsp3) is 0.900. The van der Waals surface area contributed by atoms with E-state index in [2.05, 4.69) is 6.92 Å². The highest BCUT2D eigenvalue weighted by Gasteiger charge is 2.33. The van der Waals surface area contributed by atoms with E-state index in [1.165, 1.54) is 0 Å². The summed E-state index contributed by atoms with van der Waals surface area (Å²) >= 11 is 0. The third-order valence-electron chi connectivity index (χ3n) is 2.69. The van der Waals surface area contributed by atoms with Crippen molar-refractivity contribution in [2.75, 3.05) is 13.6 Å². The van der Waals surface area contributed by atoms with Crippen molar-refractivity contribution < 1.29 is 9.53 Å². The first kappa shape index (κ1) is 10.5. The highest BCUT2D eigenvalue weighted by Crippen LogP contribution is 2.22. The predicted molar refractivity (Wildman–Crippen MR) is 51.5 cm³/mol. The number of rotatable bonds is 3. The molecule has 1 fully saturated rings. The first-order valence-electron chi connectivity index (χ1n) is 4.89. The Morgan fingerprint density at radius 3 is 2.62 bits per heavy atom. The molecule has 0 aromatic heterocycles. The van der Waals surface area contributed by atoms with Gasteiger partial charge in [0.05, 0.1) is 5.60 Å². The zero-order valence-corrected chi connectivity index (χ0v) is 8.96. The molecule has 1 amide bonds. The summed E-state index contributed by atoms with van der Waals surface area (Å²) in [5.74, 6) is 0.126. The van der Waals surface area contributed by atoms with Crippen molar-refractivity contribution >= 4 is 5.91 Å². The van der Waals surface area contributed by atoms with Crippen LogP contribution >= 0.6 is 0 Å². The van der Waals surface area contributed by atoms with E-state index in [0.717, 1.165) is 19.4 Å². The lowest BCUT2D eigenvalue weighted by atomic mass is 10.1. The Hall–Kier alpha value is -0.570. The molecule has 1 atom stereocenters. The van der Waals surface area contributed by atoms with Gasteiger partial charge in [-0.3, -0.25) is 4.79 Å². The summed E-state index contributed by atoms with van der Waals surface area (Å²) in [6.45, 7) is 6.95. The van der Waals surface area contributed by atoms with Crippen molar-refractivity contribution in [3.05, 3.63) is 0 Å². The molecule has 0 aromatic carbocycles. The quantitative estimate of drug-likeness (QED) is 0.665. The molecule has 1 unspecified atom stereocenters. The second-order valence-corrected chi connectivity index (χ2v) is 4.27. The lowest BCUT2D eigenvalue weighted by molar-refractivity contribution is -0.145. The third kappa shape index (κ3) is 2.44. The number of hydrogen-bond acceptors (Lipinski definition) is 2. The van der Waals surface area contributed by atoms with Gasteiger partial charge in [-0.25, -0.2) is 0 Å². The van der Waals surface area contributed by atoms with Crippen LogP contribution in [-0.2, 0) is 9.53 Å². The molecule has 1 aliphatic heterocycles. The minimum absolute atomic E-state index is 0.126. The first-order chi connectivity index (χ1) is 5.96. The van der Waals surface area contributed by atoms with Gasteiger partial charge in [-0.1, -0.05) is 6.92 Å². The summed E-state index contributed by atoms with van der Waals surface area (Å²) < 4.78 is 5.74. The van der Waals surface area contributed by atoms with E-state index in [9.17, 15) is 4.79 Å². The van der Waals surface area contributed by atoms with E-state index in [1.807, 2.05) is 20.9 Å². The maximum atomic E-state index is 11.5. The molecule has 76 valence electrons. The summed E-state index contributed by atoms with van der Waals surface area (Å²) in [5.41, 5.74) is -0.175. The highest BCUT2D eigenvalue weighted by molar-refractivity contribution is 5.82. The number of ether oxygens (including phenoxy) is 1. The summed E-state index contributed by atoms with van der Waals surface area (Å²) in [5, 5.41) is 0. The minimum Gasteiger partial charge on any atom is -0.362 e. The van der Waals surface area contributed by atoms with Gasteiger partial charge in [-0.15, -0.1) is 0 Å². The molecule has 1 heterocycles. The number of likely N-dealkylation sites (N-methyl/N-ethyl adjacent to an activating group) is 1. The third-order valence-corrected chi connectivity index (χ3v) is 2.69. The molecule has 0 saturated carbocycles. The molecule has 0 N–H and O–H groups in total.